The van der Waals surface area contributed by atoms with Crippen molar-refractivity contribution in [3.8, 4) is 5.75 Å². The monoisotopic (exact) mass is 325 g/mol. The number of rotatable bonds is 5. The van der Waals surface area contributed by atoms with Gasteiger partial charge in [0.05, 0.1) is 4.47 Å². The summed E-state index contributed by atoms with van der Waals surface area (Å²) >= 11 is 5.05. The Kier molecular flexibility index (Phi) is 4.80. The lowest BCUT2D eigenvalue weighted by atomic mass is 10.1. The molecule has 2 N–H and O–H groups in total. The highest BCUT2D eigenvalue weighted by Crippen LogP contribution is 2.27. The van der Waals surface area contributed by atoms with E-state index in [9.17, 15) is 5.11 Å². The van der Waals surface area contributed by atoms with Crippen LogP contribution < -0.4 is 5.32 Å². The first-order valence-electron chi connectivity index (χ1n) is 5.87. The van der Waals surface area contributed by atoms with Gasteiger partial charge in [-0.3, -0.25) is 0 Å². The van der Waals surface area contributed by atoms with Crippen LogP contribution in [0.3, 0.4) is 0 Å². The van der Waals surface area contributed by atoms with Crippen molar-refractivity contribution in [3.63, 3.8) is 0 Å². The van der Waals surface area contributed by atoms with E-state index in [4.69, 9.17) is 0 Å². The van der Waals surface area contributed by atoms with E-state index in [1.165, 1.54) is 5.56 Å². The average Bonchev–Trinajstić information content (AvgIpc) is 2.84. The van der Waals surface area contributed by atoms with Gasteiger partial charge in [-0.15, -0.1) is 0 Å². The molecule has 0 saturated carbocycles. The van der Waals surface area contributed by atoms with Crippen molar-refractivity contribution in [2.75, 3.05) is 0 Å². The molecule has 4 heteroatoms. The molecule has 0 aliphatic rings. The van der Waals surface area contributed by atoms with Gasteiger partial charge in [-0.05, 0) is 57.7 Å². The molecule has 0 bridgehead atoms. The van der Waals surface area contributed by atoms with Crippen LogP contribution in [0.4, 0.5) is 0 Å². The van der Waals surface area contributed by atoms with E-state index in [0.29, 0.717) is 18.3 Å². The Balaban J connectivity index is 1.89. The third-order valence-corrected chi connectivity index (χ3v) is 4.21. The first kappa shape index (κ1) is 13.6. The Bertz CT molecular complexity index is 499. The minimum absolute atomic E-state index is 0.327. The van der Waals surface area contributed by atoms with E-state index in [1.807, 2.05) is 18.2 Å². The number of phenolic OH excluding ortho intramolecular Hbond substituents is 1. The fraction of sp³-hybridized carbons (Fsp3) is 0.286. The summed E-state index contributed by atoms with van der Waals surface area (Å²) in [6.07, 6.45) is 1.01. The molecule has 0 radical (unpaired) electrons. The lowest BCUT2D eigenvalue weighted by molar-refractivity contribution is 0.455. The topological polar surface area (TPSA) is 32.3 Å². The summed E-state index contributed by atoms with van der Waals surface area (Å²) in [6, 6.07) is 8.25. The van der Waals surface area contributed by atoms with E-state index < -0.39 is 0 Å². The third kappa shape index (κ3) is 3.57. The van der Waals surface area contributed by atoms with Crippen LogP contribution in [-0.4, -0.2) is 11.1 Å². The molecule has 0 aliphatic heterocycles. The second-order valence-corrected chi connectivity index (χ2v) is 6.00. The van der Waals surface area contributed by atoms with Gasteiger partial charge in [-0.2, -0.15) is 11.3 Å². The molecule has 0 saturated heterocycles. The van der Waals surface area contributed by atoms with E-state index in [2.05, 4.69) is 45.0 Å². The lowest BCUT2D eigenvalue weighted by Crippen LogP contribution is -2.27. The highest BCUT2D eigenvalue weighted by Gasteiger charge is 2.07. The first-order chi connectivity index (χ1) is 8.66. The molecule has 2 nitrogen and oxygen atoms in total. The zero-order valence-electron chi connectivity index (χ0n) is 10.2. The predicted molar refractivity (Wildman–Crippen MR) is 80.1 cm³/mol. The van der Waals surface area contributed by atoms with Gasteiger partial charge >= 0.3 is 0 Å². The van der Waals surface area contributed by atoms with Gasteiger partial charge in [-0.25, -0.2) is 0 Å². The highest BCUT2D eigenvalue weighted by molar-refractivity contribution is 9.10. The highest BCUT2D eigenvalue weighted by atomic mass is 79.9. The fourth-order valence-corrected chi connectivity index (χ4v) is 2.91. The standard InChI is InChI=1S/C14H16BrNOS/c1-10(7-11-5-6-18-9-11)16-8-12-3-2-4-13(15)14(12)17/h2-6,9-10,16-17H,7-8H2,1H3. The Morgan fingerprint density at radius 2 is 2.22 bits per heavy atom. The molecule has 1 aromatic carbocycles. The molecule has 1 aromatic heterocycles. The molecule has 18 heavy (non-hydrogen) atoms. The van der Waals surface area contributed by atoms with Gasteiger partial charge in [0.15, 0.2) is 0 Å². The number of phenols is 1. The van der Waals surface area contributed by atoms with Crippen molar-refractivity contribution >= 4 is 27.3 Å². The minimum Gasteiger partial charge on any atom is -0.506 e. The number of hydrogen-bond acceptors (Lipinski definition) is 3. The number of aromatic hydroxyl groups is 1. The van der Waals surface area contributed by atoms with Gasteiger partial charge in [0.1, 0.15) is 5.75 Å². The van der Waals surface area contributed by atoms with Crippen LogP contribution in [0.5, 0.6) is 5.75 Å². The maximum absolute atomic E-state index is 9.88. The minimum atomic E-state index is 0.327. The van der Waals surface area contributed by atoms with Crippen molar-refractivity contribution in [2.24, 2.45) is 0 Å². The second kappa shape index (κ2) is 6.36. The first-order valence-corrected chi connectivity index (χ1v) is 7.61. The van der Waals surface area contributed by atoms with Crippen LogP contribution in [0.25, 0.3) is 0 Å². The van der Waals surface area contributed by atoms with Gasteiger partial charge in [-0.1, -0.05) is 12.1 Å². The zero-order chi connectivity index (χ0) is 13.0. The van der Waals surface area contributed by atoms with E-state index >= 15 is 0 Å². The Morgan fingerprint density at radius 3 is 2.94 bits per heavy atom. The molecule has 0 aliphatic carbocycles. The van der Waals surface area contributed by atoms with Crippen molar-refractivity contribution in [2.45, 2.75) is 25.9 Å². The Labute approximate surface area is 120 Å². The molecule has 1 unspecified atom stereocenters. The van der Waals surface area contributed by atoms with Gasteiger partial charge in [0.25, 0.3) is 0 Å². The largest absolute Gasteiger partial charge is 0.506 e. The maximum atomic E-state index is 9.88. The summed E-state index contributed by atoms with van der Waals surface area (Å²) in [5.41, 5.74) is 2.28. The van der Waals surface area contributed by atoms with Crippen molar-refractivity contribution in [3.05, 3.63) is 50.6 Å². The number of halogens is 1. The predicted octanol–water partition coefficient (Wildman–Crippen LogP) is 3.94. The van der Waals surface area contributed by atoms with Crippen LogP contribution in [0, 0.1) is 0 Å². The lowest BCUT2D eigenvalue weighted by Gasteiger charge is -2.14. The summed E-state index contributed by atoms with van der Waals surface area (Å²) in [5, 5.41) is 17.6. The van der Waals surface area contributed by atoms with Gasteiger partial charge in [0, 0.05) is 18.2 Å². The van der Waals surface area contributed by atoms with Crippen LogP contribution in [0.2, 0.25) is 0 Å². The average molecular weight is 326 g/mol. The van der Waals surface area contributed by atoms with E-state index in [0.717, 1.165) is 16.5 Å². The fourth-order valence-electron chi connectivity index (χ4n) is 1.82. The van der Waals surface area contributed by atoms with Gasteiger partial charge < -0.3 is 10.4 Å². The van der Waals surface area contributed by atoms with Crippen LogP contribution in [-0.2, 0) is 13.0 Å². The summed E-state index contributed by atoms with van der Waals surface area (Å²) in [5.74, 6) is 0.327. The summed E-state index contributed by atoms with van der Waals surface area (Å²) < 4.78 is 0.743. The number of benzene rings is 1. The Morgan fingerprint density at radius 1 is 1.39 bits per heavy atom. The molecular formula is C14H16BrNOS. The van der Waals surface area contributed by atoms with Gasteiger partial charge in [0.2, 0.25) is 0 Å². The van der Waals surface area contributed by atoms with Crippen LogP contribution >= 0.6 is 27.3 Å². The zero-order valence-corrected chi connectivity index (χ0v) is 12.6. The molecule has 1 heterocycles. The maximum Gasteiger partial charge on any atom is 0.134 e. The number of nitrogens with one attached hydrogen (secondary N) is 1. The normalized spacial score (nSPS) is 12.6. The quantitative estimate of drug-likeness (QED) is 0.872. The molecule has 96 valence electrons. The summed E-state index contributed by atoms with van der Waals surface area (Å²) in [4.78, 5) is 0. The Hall–Kier alpha value is -0.840. The third-order valence-electron chi connectivity index (χ3n) is 2.83. The molecule has 0 amide bonds. The van der Waals surface area contributed by atoms with Crippen molar-refractivity contribution in [1.29, 1.82) is 0 Å². The smallest absolute Gasteiger partial charge is 0.134 e. The van der Waals surface area contributed by atoms with E-state index in [1.54, 1.807) is 11.3 Å². The van der Waals surface area contributed by atoms with Crippen molar-refractivity contribution in [1.82, 2.24) is 5.32 Å². The van der Waals surface area contributed by atoms with Crippen LogP contribution in [0.1, 0.15) is 18.1 Å². The van der Waals surface area contributed by atoms with Crippen LogP contribution in [0.15, 0.2) is 39.5 Å². The number of thiophene rings is 1. The molecule has 0 spiro atoms. The summed E-state index contributed by atoms with van der Waals surface area (Å²) in [7, 11) is 0. The van der Waals surface area contributed by atoms with Crippen molar-refractivity contribution < 1.29 is 5.11 Å². The second-order valence-electron chi connectivity index (χ2n) is 4.37. The molecule has 1 atom stereocenters. The molecule has 2 rings (SSSR count). The van der Waals surface area contributed by atoms with E-state index in [-0.39, 0.29) is 0 Å². The molecular weight excluding hydrogens is 310 g/mol. The molecule has 2 aromatic rings. The SMILES string of the molecule is CC(Cc1ccsc1)NCc1cccc(Br)c1O. The number of para-hydroxylation sites is 1. The molecule has 0 fully saturated rings. The summed E-state index contributed by atoms with van der Waals surface area (Å²) in [6.45, 7) is 2.84. The number of hydrogen-bond donors (Lipinski definition) is 2.